The maximum atomic E-state index is 12.1. The lowest BCUT2D eigenvalue weighted by atomic mass is 10.3. The van der Waals surface area contributed by atoms with Crippen molar-refractivity contribution in [3.63, 3.8) is 0 Å². The van der Waals surface area contributed by atoms with E-state index < -0.39 is 0 Å². The van der Waals surface area contributed by atoms with Crippen LogP contribution in [0, 0.1) is 6.92 Å². The molecule has 0 spiro atoms. The van der Waals surface area contributed by atoms with Crippen LogP contribution in [-0.4, -0.2) is 37.6 Å². The van der Waals surface area contributed by atoms with Crippen molar-refractivity contribution in [3.05, 3.63) is 77.4 Å². The fourth-order valence-corrected chi connectivity index (χ4v) is 3.38. The number of hydrazone groups is 1. The molecular formula is C21H21ClN6O2S. The van der Waals surface area contributed by atoms with E-state index in [9.17, 15) is 4.79 Å². The summed E-state index contributed by atoms with van der Waals surface area (Å²) in [6, 6.07) is 12.6. The predicted octanol–water partition coefficient (Wildman–Crippen LogP) is 3.64. The Morgan fingerprint density at radius 1 is 1.29 bits per heavy atom. The van der Waals surface area contributed by atoms with Gasteiger partial charge in [-0.2, -0.15) is 5.10 Å². The number of benzene rings is 1. The van der Waals surface area contributed by atoms with Gasteiger partial charge in [-0.25, -0.2) is 5.43 Å². The van der Waals surface area contributed by atoms with Crippen LogP contribution in [-0.2, 0) is 17.9 Å². The molecular weight excluding hydrogens is 436 g/mol. The topological polar surface area (TPSA) is 94.3 Å². The fraction of sp³-hybridized carbons (Fsp3) is 0.190. The highest BCUT2D eigenvalue weighted by molar-refractivity contribution is 7.99. The lowest BCUT2D eigenvalue weighted by Crippen LogP contribution is -2.20. The molecule has 160 valence electrons. The first kappa shape index (κ1) is 22.5. The average molecular weight is 457 g/mol. The Labute approximate surface area is 189 Å². The van der Waals surface area contributed by atoms with Crippen LogP contribution in [0.3, 0.4) is 0 Å². The van der Waals surface area contributed by atoms with Crippen LogP contribution in [0.15, 0.2) is 65.4 Å². The molecule has 0 aliphatic heterocycles. The summed E-state index contributed by atoms with van der Waals surface area (Å²) in [5.74, 6) is 1.17. The summed E-state index contributed by atoms with van der Waals surface area (Å²) in [5, 5.41) is 13.5. The van der Waals surface area contributed by atoms with E-state index in [0.717, 1.165) is 5.69 Å². The van der Waals surface area contributed by atoms with Gasteiger partial charge in [0.25, 0.3) is 5.91 Å². The number of pyridine rings is 1. The first-order chi connectivity index (χ1) is 15.0. The van der Waals surface area contributed by atoms with Gasteiger partial charge in [-0.05, 0) is 43.3 Å². The number of aryl methyl sites for hydroxylation is 1. The van der Waals surface area contributed by atoms with Crippen molar-refractivity contribution < 1.29 is 9.53 Å². The molecule has 8 nitrogen and oxygen atoms in total. The van der Waals surface area contributed by atoms with Crippen molar-refractivity contribution in [1.82, 2.24) is 25.2 Å². The van der Waals surface area contributed by atoms with Crippen molar-refractivity contribution in [1.29, 1.82) is 0 Å². The van der Waals surface area contributed by atoms with E-state index in [1.807, 2.05) is 29.7 Å². The molecule has 0 unspecified atom stereocenters. The van der Waals surface area contributed by atoms with Gasteiger partial charge in [0.1, 0.15) is 12.4 Å². The minimum Gasteiger partial charge on any atom is -0.486 e. The van der Waals surface area contributed by atoms with Gasteiger partial charge < -0.3 is 4.74 Å². The Balaban J connectivity index is 1.54. The van der Waals surface area contributed by atoms with Crippen molar-refractivity contribution in [2.24, 2.45) is 5.10 Å². The van der Waals surface area contributed by atoms with Gasteiger partial charge in [0, 0.05) is 17.3 Å². The zero-order valence-corrected chi connectivity index (χ0v) is 18.4. The maximum absolute atomic E-state index is 12.1. The minimum absolute atomic E-state index is 0.131. The Morgan fingerprint density at radius 2 is 2.10 bits per heavy atom. The number of hydrogen-bond donors (Lipinski definition) is 1. The lowest BCUT2D eigenvalue weighted by molar-refractivity contribution is -0.118. The highest BCUT2D eigenvalue weighted by atomic mass is 35.5. The number of thioether (sulfide) groups is 1. The molecule has 0 bridgehead atoms. The molecule has 0 radical (unpaired) electrons. The van der Waals surface area contributed by atoms with E-state index in [4.69, 9.17) is 16.3 Å². The quantitative estimate of drug-likeness (QED) is 0.216. The summed E-state index contributed by atoms with van der Waals surface area (Å²) in [6.45, 7) is 6.38. The summed E-state index contributed by atoms with van der Waals surface area (Å²) in [4.78, 5) is 16.4. The highest BCUT2D eigenvalue weighted by Crippen LogP contribution is 2.20. The minimum atomic E-state index is -0.263. The Hall–Kier alpha value is -3.17. The zero-order valence-electron chi connectivity index (χ0n) is 16.9. The molecule has 1 aromatic carbocycles. The molecule has 0 saturated heterocycles. The largest absolute Gasteiger partial charge is 0.486 e. The number of rotatable bonds is 10. The Kier molecular flexibility index (Phi) is 8.19. The average Bonchev–Trinajstić information content (AvgIpc) is 3.14. The van der Waals surface area contributed by atoms with Crippen molar-refractivity contribution in [3.8, 4) is 5.75 Å². The van der Waals surface area contributed by atoms with Crippen LogP contribution in [0.25, 0.3) is 0 Å². The number of halogens is 1. The molecule has 10 heteroatoms. The number of allylic oxidation sites excluding steroid dienone is 1. The number of nitrogens with zero attached hydrogens (tertiary/aromatic N) is 5. The van der Waals surface area contributed by atoms with Crippen molar-refractivity contribution in [2.45, 2.75) is 25.2 Å². The molecule has 0 aliphatic rings. The predicted molar refractivity (Wildman–Crippen MR) is 121 cm³/mol. The summed E-state index contributed by atoms with van der Waals surface area (Å²) >= 11 is 7.14. The summed E-state index contributed by atoms with van der Waals surface area (Å²) < 4.78 is 7.59. The molecule has 0 saturated carbocycles. The normalized spacial score (nSPS) is 10.9. The second-order valence-electron chi connectivity index (χ2n) is 6.33. The SMILES string of the molecule is C=CCn1c(COc2ccc(Cl)cc2)nnc1SCC(=O)N/N=C/c1cccc(C)n1. The van der Waals surface area contributed by atoms with Gasteiger partial charge in [0.2, 0.25) is 0 Å². The second kappa shape index (κ2) is 11.3. The molecule has 0 fully saturated rings. The molecule has 3 aromatic rings. The molecule has 2 heterocycles. The molecule has 0 aliphatic carbocycles. The first-order valence-electron chi connectivity index (χ1n) is 9.35. The monoisotopic (exact) mass is 456 g/mol. The van der Waals surface area contributed by atoms with E-state index in [1.165, 1.54) is 18.0 Å². The number of nitrogens with one attached hydrogen (secondary N) is 1. The number of hydrogen-bond acceptors (Lipinski definition) is 7. The lowest BCUT2D eigenvalue weighted by Gasteiger charge is -2.09. The third kappa shape index (κ3) is 6.94. The molecule has 1 amide bonds. The number of carbonyl (C=O) groups excluding carboxylic acids is 1. The second-order valence-corrected chi connectivity index (χ2v) is 7.71. The number of aromatic nitrogens is 4. The van der Waals surface area contributed by atoms with Crippen LogP contribution in [0.2, 0.25) is 5.02 Å². The van der Waals surface area contributed by atoms with Crippen LogP contribution in [0.5, 0.6) is 5.75 Å². The van der Waals surface area contributed by atoms with E-state index in [1.54, 1.807) is 30.3 Å². The van der Waals surface area contributed by atoms with Gasteiger partial charge >= 0.3 is 0 Å². The Morgan fingerprint density at radius 3 is 2.84 bits per heavy atom. The van der Waals surface area contributed by atoms with Crippen LogP contribution in [0.4, 0.5) is 0 Å². The van der Waals surface area contributed by atoms with Crippen molar-refractivity contribution >= 4 is 35.5 Å². The molecule has 1 N–H and O–H groups in total. The highest BCUT2D eigenvalue weighted by Gasteiger charge is 2.14. The molecule has 31 heavy (non-hydrogen) atoms. The summed E-state index contributed by atoms with van der Waals surface area (Å²) in [5.41, 5.74) is 4.04. The van der Waals surface area contributed by atoms with Crippen molar-refractivity contribution in [2.75, 3.05) is 5.75 Å². The summed E-state index contributed by atoms with van der Waals surface area (Å²) in [6.07, 6.45) is 3.24. The van der Waals surface area contributed by atoms with E-state index >= 15 is 0 Å². The van der Waals surface area contributed by atoms with E-state index in [-0.39, 0.29) is 18.3 Å². The van der Waals surface area contributed by atoms with E-state index in [0.29, 0.717) is 34.0 Å². The fourth-order valence-electron chi connectivity index (χ4n) is 2.49. The van der Waals surface area contributed by atoms with Gasteiger partial charge in [-0.15, -0.1) is 16.8 Å². The summed E-state index contributed by atoms with van der Waals surface area (Å²) in [7, 11) is 0. The van der Waals surface area contributed by atoms with Gasteiger partial charge in [-0.3, -0.25) is 14.3 Å². The third-order valence-corrected chi connectivity index (χ3v) is 5.13. The van der Waals surface area contributed by atoms with Crippen LogP contribution >= 0.6 is 23.4 Å². The number of ether oxygens (including phenoxy) is 1. The third-order valence-electron chi connectivity index (χ3n) is 3.91. The first-order valence-corrected chi connectivity index (χ1v) is 10.7. The van der Waals surface area contributed by atoms with Gasteiger partial charge in [0.05, 0.1) is 17.7 Å². The Bertz CT molecular complexity index is 1070. The maximum Gasteiger partial charge on any atom is 0.250 e. The number of carbonyl (C=O) groups is 1. The number of amides is 1. The van der Waals surface area contributed by atoms with Crippen LogP contribution in [0.1, 0.15) is 17.2 Å². The molecule has 3 rings (SSSR count). The molecule has 0 atom stereocenters. The van der Waals surface area contributed by atoms with Crippen LogP contribution < -0.4 is 10.2 Å². The standard InChI is InChI=1S/C21H21ClN6O2S/c1-3-11-28-19(13-30-18-9-7-16(22)8-10-18)25-27-21(28)31-14-20(29)26-23-12-17-6-4-5-15(2)24-17/h3-10,12H,1,11,13-14H2,2H3,(H,26,29)/b23-12+. The van der Waals surface area contributed by atoms with E-state index in [2.05, 4.69) is 32.3 Å². The molecule has 2 aromatic heterocycles. The van der Waals surface area contributed by atoms with Gasteiger partial charge in [-0.1, -0.05) is 35.5 Å². The van der Waals surface area contributed by atoms with Gasteiger partial charge in [0.15, 0.2) is 11.0 Å². The smallest absolute Gasteiger partial charge is 0.250 e. The zero-order chi connectivity index (χ0) is 22.1.